The maximum atomic E-state index is 13.3. The highest BCUT2D eigenvalue weighted by Gasteiger charge is 2.50. The van der Waals surface area contributed by atoms with Crippen molar-refractivity contribution in [2.75, 3.05) is 26.4 Å². The van der Waals surface area contributed by atoms with Crippen LogP contribution in [0.3, 0.4) is 0 Å². The van der Waals surface area contributed by atoms with E-state index < -0.39 is 20.7 Å². The fourth-order valence-corrected chi connectivity index (χ4v) is 7.36. The van der Waals surface area contributed by atoms with E-state index in [9.17, 15) is 19.3 Å². The number of hydrogen-bond donors (Lipinski definition) is 3. The van der Waals surface area contributed by atoms with Crippen LogP contribution in [0.5, 0.6) is 11.5 Å². The van der Waals surface area contributed by atoms with E-state index in [0.717, 1.165) is 0 Å². The number of nitrogens with one attached hydrogen (secondary N) is 1. The van der Waals surface area contributed by atoms with Gasteiger partial charge in [-0.05, 0) is 33.8 Å². The van der Waals surface area contributed by atoms with Crippen LogP contribution >= 0.6 is 15.2 Å². The molecular formula is C16H29NO8P2. The van der Waals surface area contributed by atoms with Crippen molar-refractivity contribution in [2.24, 2.45) is 0 Å². The second-order valence-electron chi connectivity index (χ2n) is 5.29. The zero-order valence-electron chi connectivity index (χ0n) is 16.1. The topological polar surface area (TPSA) is 124 Å². The maximum Gasteiger partial charge on any atom is 0.359 e. The molecule has 0 bridgehead atoms. The monoisotopic (exact) mass is 425 g/mol. The fourth-order valence-electron chi connectivity index (χ4n) is 2.40. The molecule has 0 amide bonds. The highest BCUT2D eigenvalue weighted by molar-refractivity contribution is 7.72. The molecule has 156 valence electrons. The van der Waals surface area contributed by atoms with E-state index in [1.165, 1.54) is 12.1 Å². The Morgan fingerprint density at radius 1 is 0.889 bits per heavy atom. The first-order valence-electron chi connectivity index (χ1n) is 8.78. The summed E-state index contributed by atoms with van der Waals surface area (Å²) >= 11 is 0. The molecule has 27 heavy (non-hydrogen) atoms. The minimum atomic E-state index is -3.94. The van der Waals surface area contributed by atoms with Crippen molar-refractivity contribution in [3.05, 3.63) is 23.8 Å². The van der Waals surface area contributed by atoms with Crippen molar-refractivity contribution in [3.8, 4) is 11.5 Å². The van der Waals surface area contributed by atoms with Crippen LogP contribution in [0.1, 0.15) is 33.3 Å². The summed E-state index contributed by atoms with van der Waals surface area (Å²) in [6.07, 6.45) is 0. The molecule has 0 saturated carbocycles. The predicted octanol–water partition coefficient (Wildman–Crippen LogP) is 4.00. The Labute approximate surface area is 160 Å². The molecule has 0 saturated heterocycles. The van der Waals surface area contributed by atoms with Gasteiger partial charge in [0.2, 0.25) is 5.52 Å². The van der Waals surface area contributed by atoms with Crippen LogP contribution in [0.15, 0.2) is 18.2 Å². The van der Waals surface area contributed by atoms with Crippen molar-refractivity contribution in [2.45, 2.75) is 39.8 Å². The zero-order valence-corrected chi connectivity index (χ0v) is 17.9. The number of hydrogen-bond acceptors (Lipinski definition) is 9. The molecule has 0 aromatic heterocycles. The van der Waals surface area contributed by atoms with Gasteiger partial charge in [0.1, 0.15) is 0 Å². The molecule has 0 unspecified atom stereocenters. The lowest BCUT2D eigenvalue weighted by Crippen LogP contribution is -2.32. The normalized spacial score (nSPS) is 12.6. The summed E-state index contributed by atoms with van der Waals surface area (Å²) in [4.78, 5) is 0. The smallest absolute Gasteiger partial charge is 0.359 e. The first kappa shape index (κ1) is 24.1. The van der Waals surface area contributed by atoms with Crippen molar-refractivity contribution in [1.29, 1.82) is 0 Å². The molecule has 0 aliphatic rings. The van der Waals surface area contributed by atoms with Crippen molar-refractivity contribution < 1.29 is 37.4 Å². The van der Waals surface area contributed by atoms with E-state index in [0.29, 0.717) is 5.56 Å². The average Bonchev–Trinajstić information content (AvgIpc) is 2.59. The Morgan fingerprint density at radius 2 is 1.33 bits per heavy atom. The summed E-state index contributed by atoms with van der Waals surface area (Å²) in [5.74, 6) is -0.643. The SMILES string of the molecule is CCOP(=O)(OCC)C(NCc1cccc(O)c1O)P(=O)(OCC)OCC. The van der Waals surface area contributed by atoms with Crippen molar-refractivity contribution in [3.63, 3.8) is 0 Å². The third kappa shape index (κ3) is 6.29. The van der Waals surface area contributed by atoms with E-state index in [1.807, 2.05) is 0 Å². The second kappa shape index (κ2) is 11.2. The molecular weight excluding hydrogens is 396 g/mol. The van der Waals surface area contributed by atoms with Gasteiger partial charge >= 0.3 is 15.2 Å². The first-order valence-corrected chi connectivity index (χ1v) is 12.0. The van der Waals surface area contributed by atoms with Gasteiger partial charge in [-0.15, -0.1) is 0 Å². The van der Waals surface area contributed by atoms with Crippen LogP contribution in [0.2, 0.25) is 0 Å². The summed E-state index contributed by atoms with van der Waals surface area (Å²) in [5.41, 5.74) is -1.11. The molecule has 3 N–H and O–H groups in total. The highest BCUT2D eigenvalue weighted by atomic mass is 31.2. The molecule has 1 rings (SSSR count). The van der Waals surface area contributed by atoms with Gasteiger partial charge in [0.15, 0.2) is 11.5 Å². The van der Waals surface area contributed by atoms with Gasteiger partial charge in [-0.1, -0.05) is 12.1 Å². The second-order valence-corrected chi connectivity index (χ2v) is 9.92. The zero-order chi connectivity index (χ0) is 20.5. The van der Waals surface area contributed by atoms with Gasteiger partial charge in [0, 0.05) is 12.1 Å². The highest BCUT2D eigenvalue weighted by Crippen LogP contribution is 2.69. The number of aromatic hydroxyl groups is 2. The molecule has 0 spiro atoms. The van der Waals surface area contributed by atoms with Gasteiger partial charge < -0.3 is 28.3 Å². The summed E-state index contributed by atoms with van der Waals surface area (Å²) in [6.45, 7) is 6.70. The molecule has 0 heterocycles. The van der Waals surface area contributed by atoms with Crippen LogP contribution in [0, 0.1) is 0 Å². The quantitative estimate of drug-likeness (QED) is 0.318. The Hall–Kier alpha value is -0.920. The van der Waals surface area contributed by atoms with E-state index in [2.05, 4.69) is 5.32 Å². The van der Waals surface area contributed by atoms with Crippen LogP contribution in [-0.4, -0.2) is 42.2 Å². The number of rotatable bonds is 13. The summed E-state index contributed by atoms with van der Waals surface area (Å²) in [6, 6.07) is 4.42. The number of phenolic OH excluding ortho intramolecular Hbond substituents is 2. The third-order valence-corrected chi connectivity index (χ3v) is 9.14. The van der Waals surface area contributed by atoms with Crippen molar-refractivity contribution in [1.82, 2.24) is 5.32 Å². The molecule has 9 nitrogen and oxygen atoms in total. The van der Waals surface area contributed by atoms with E-state index in [1.54, 1.807) is 33.8 Å². The Morgan fingerprint density at radius 3 is 1.74 bits per heavy atom. The van der Waals surface area contributed by atoms with Gasteiger partial charge in [0.25, 0.3) is 0 Å². The van der Waals surface area contributed by atoms with Crippen molar-refractivity contribution >= 4 is 15.2 Å². The van der Waals surface area contributed by atoms with E-state index in [4.69, 9.17) is 18.1 Å². The third-order valence-electron chi connectivity index (χ3n) is 3.41. The Kier molecular flexibility index (Phi) is 9.98. The summed E-state index contributed by atoms with van der Waals surface area (Å²) < 4.78 is 48.0. The van der Waals surface area contributed by atoms with E-state index >= 15 is 0 Å². The Bertz CT molecular complexity index is 634. The molecule has 0 radical (unpaired) electrons. The molecule has 0 fully saturated rings. The number of para-hydroxylation sites is 1. The molecule has 1 aromatic carbocycles. The standard InChI is InChI=1S/C16H29NO8P2/c1-5-22-26(20,23-6-2)16(27(21,24-7-3)25-8-4)17-12-13-10-9-11-14(18)15(13)19/h9-11,16-19H,5-8,12H2,1-4H3. The number of benzene rings is 1. The minimum Gasteiger partial charge on any atom is -0.504 e. The van der Waals surface area contributed by atoms with Crippen LogP contribution in [0.25, 0.3) is 0 Å². The van der Waals surface area contributed by atoms with Gasteiger partial charge in [-0.3, -0.25) is 14.4 Å². The lowest BCUT2D eigenvalue weighted by atomic mass is 10.2. The lowest BCUT2D eigenvalue weighted by Gasteiger charge is -2.31. The maximum absolute atomic E-state index is 13.3. The van der Waals surface area contributed by atoms with E-state index in [-0.39, 0.29) is 44.5 Å². The summed E-state index contributed by atoms with van der Waals surface area (Å²) in [7, 11) is -7.89. The van der Waals surface area contributed by atoms with Gasteiger partial charge in [-0.25, -0.2) is 0 Å². The largest absolute Gasteiger partial charge is 0.504 e. The molecule has 0 atom stereocenters. The van der Waals surface area contributed by atoms with Crippen LogP contribution in [0.4, 0.5) is 0 Å². The molecule has 0 aliphatic heterocycles. The van der Waals surface area contributed by atoms with Crippen LogP contribution in [-0.2, 0) is 33.8 Å². The summed E-state index contributed by atoms with van der Waals surface area (Å²) in [5, 5.41) is 22.4. The lowest BCUT2D eigenvalue weighted by molar-refractivity contribution is 0.190. The van der Waals surface area contributed by atoms with Gasteiger partial charge in [-0.2, -0.15) is 0 Å². The number of phenols is 2. The predicted molar refractivity (Wildman–Crippen MR) is 102 cm³/mol. The molecule has 0 aliphatic carbocycles. The first-order chi connectivity index (χ1) is 12.8. The molecule has 1 aromatic rings. The van der Waals surface area contributed by atoms with Gasteiger partial charge in [0.05, 0.1) is 26.4 Å². The fraction of sp³-hybridized carbons (Fsp3) is 0.625. The molecule has 11 heteroatoms. The Balaban J connectivity index is 3.29. The van der Waals surface area contributed by atoms with Crippen LogP contribution < -0.4 is 5.32 Å². The minimum absolute atomic E-state index is 0.0606. The average molecular weight is 425 g/mol.